The van der Waals surface area contributed by atoms with E-state index in [1.165, 1.54) is 5.56 Å². The molecule has 4 nitrogen and oxygen atoms in total. The number of carbonyl (C=O) groups is 2. The Morgan fingerprint density at radius 2 is 1.91 bits per heavy atom. The van der Waals surface area contributed by atoms with Crippen LogP contribution in [0.15, 0.2) is 30.3 Å². The van der Waals surface area contributed by atoms with Gasteiger partial charge in [0.05, 0.1) is 0 Å². The third-order valence-corrected chi connectivity index (χ3v) is 4.78. The van der Waals surface area contributed by atoms with Crippen LogP contribution in [0.3, 0.4) is 0 Å². The summed E-state index contributed by atoms with van der Waals surface area (Å²) in [6.07, 6.45) is 3.19. The molecule has 120 valence electrons. The number of carbonyl (C=O) groups excluding carboxylic acids is 1. The first kappa shape index (κ1) is 16.5. The fraction of sp³-hybridized carbons (Fsp3) is 0.556. The van der Waals surface area contributed by atoms with Crippen molar-refractivity contribution in [2.45, 2.75) is 51.5 Å². The van der Waals surface area contributed by atoms with E-state index in [2.05, 4.69) is 17.4 Å². The summed E-state index contributed by atoms with van der Waals surface area (Å²) in [5, 5.41) is 11.9. The van der Waals surface area contributed by atoms with Gasteiger partial charge < -0.3 is 10.4 Å². The highest BCUT2D eigenvalue weighted by atomic mass is 16.4. The van der Waals surface area contributed by atoms with Gasteiger partial charge >= 0.3 is 5.97 Å². The third-order valence-electron chi connectivity index (χ3n) is 4.78. The Labute approximate surface area is 131 Å². The van der Waals surface area contributed by atoms with Gasteiger partial charge in [0.1, 0.15) is 6.04 Å². The first-order chi connectivity index (χ1) is 10.5. The number of carboxylic acid groups (broad SMARTS) is 1. The van der Waals surface area contributed by atoms with E-state index >= 15 is 0 Å². The van der Waals surface area contributed by atoms with E-state index in [-0.39, 0.29) is 11.8 Å². The molecule has 0 saturated heterocycles. The van der Waals surface area contributed by atoms with Crippen molar-refractivity contribution in [3.05, 3.63) is 35.9 Å². The van der Waals surface area contributed by atoms with Crippen molar-refractivity contribution in [2.75, 3.05) is 0 Å². The Bertz CT molecular complexity index is 508. The molecule has 0 aliphatic heterocycles. The standard InChI is InChI=1S/C18H25NO3/c1-3-12(2)17(18(21)22)19-16(20)11-13-9-15(10-13)14-7-5-4-6-8-14/h4-8,12-13,15,17H,3,9-11H2,1-2H3,(H,19,20)(H,21,22). The Morgan fingerprint density at radius 3 is 2.45 bits per heavy atom. The van der Waals surface area contributed by atoms with Crippen LogP contribution in [0.1, 0.15) is 51.0 Å². The molecular formula is C18H25NO3. The minimum Gasteiger partial charge on any atom is -0.480 e. The molecule has 1 aliphatic rings. The topological polar surface area (TPSA) is 66.4 Å². The summed E-state index contributed by atoms with van der Waals surface area (Å²) in [5.74, 6) is -0.219. The van der Waals surface area contributed by atoms with E-state index in [1.807, 2.05) is 32.0 Å². The smallest absolute Gasteiger partial charge is 0.326 e. The fourth-order valence-electron chi connectivity index (χ4n) is 3.08. The van der Waals surface area contributed by atoms with Gasteiger partial charge in [-0.1, -0.05) is 50.6 Å². The van der Waals surface area contributed by atoms with Gasteiger partial charge in [-0.15, -0.1) is 0 Å². The SMILES string of the molecule is CCC(C)C(NC(=O)CC1CC(c2ccccc2)C1)C(=O)O. The van der Waals surface area contributed by atoms with Gasteiger partial charge in [0.15, 0.2) is 0 Å². The molecule has 0 heterocycles. The second kappa shape index (κ2) is 7.43. The van der Waals surface area contributed by atoms with Crippen molar-refractivity contribution in [1.82, 2.24) is 5.32 Å². The van der Waals surface area contributed by atoms with Crippen LogP contribution in [0.2, 0.25) is 0 Å². The summed E-state index contributed by atoms with van der Waals surface area (Å²) in [6.45, 7) is 3.79. The zero-order valence-corrected chi connectivity index (χ0v) is 13.3. The molecule has 0 bridgehead atoms. The van der Waals surface area contributed by atoms with Crippen LogP contribution in [0.25, 0.3) is 0 Å². The van der Waals surface area contributed by atoms with Gasteiger partial charge in [-0.05, 0) is 36.2 Å². The van der Waals surface area contributed by atoms with Gasteiger partial charge in [-0.2, -0.15) is 0 Å². The van der Waals surface area contributed by atoms with Gasteiger partial charge in [0, 0.05) is 6.42 Å². The highest BCUT2D eigenvalue weighted by Crippen LogP contribution is 2.43. The van der Waals surface area contributed by atoms with Gasteiger partial charge in [0.2, 0.25) is 5.91 Å². The summed E-state index contributed by atoms with van der Waals surface area (Å²) < 4.78 is 0. The van der Waals surface area contributed by atoms with Crippen molar-refractivity contribution in [3.8, 4) is 0 Å². The van der Waals surface area contributed by atoms with Crippen molar-refractivity contribution in [1.29, 1.82) is 0 Å². The Hall–Kier alpha value is -1.84. The predicted octanol–water partition coefficient (Wildman–Crippen LogP) is 3.19. The molecule has 4 heteroatoms. The summed E-state index contributed by atoms with van der Waals surface area (Å²) in [6, 6.07) is 9.57. The van der Waals surface area contributed by atoms with Crippen molar-refractivity contribution >= 4 is 11.9 Å². The molecule has 1 aliphatic carbocycles. The van der Waals surface area contributed by atoms with Gasteiger partial charge in [-0.3, -0.25) is 4.79 Å². The fourth-order valence-corrected chi connectivity index (χ4v) is 3.08. The molecule has 2 atom stereocenters. The average Bonchev–Trinajstić information content (AvgIpc) is 2.47. The van der Waals surface area contributed by atoms with E-state index in [1.54, 1.807) is 0 Å². The lowest BCUT2D eigenvalue weighted by Crippen LogP contribution is -2.46. The summed E-state index contributed by atoms with van der Waals surface area (Å²) in [4.78, 5) is 23.3. The molecule has 2 N–H and O–H groups in total. The highest BCUT2D eigenvalue weighted by molar-refractivity contribution is 5.83. The van der Waals surface area contributed by atoms with E-state index in [4.69, 9.17) is 0 Å². The number of carboxylic acids is 1. The number of nitrogens with one attached hydrogen (secondary N) is 1. The zero-order valence-electron chi connectivity index (χ0n) is 13.3. The zero-order chi connectivity index (χ0) is 16.1. The summed E-state index contributed by atoms with van der Waals surface area (Å²) in [5.41, 5.74) is 1.34. The lowest BCUT2D eigenvalue weighted by molar-refractivity contribution is -0.143. The molecule has 2 rings (SSSR count). The van der Waals surface area contributed by atoms with E-state index < -0.39 is 12.0 Å². The summed E-state index contributed by atoms with van der Waals surface area (Å²) >= 11 is 0. The maximum Gasteiger partial charge on any atom is 0.326 e. The normalized spacial score (nSPS) is 23.2. The van der Waals surface area contributed by atoms with Crippen LogP contribution in [-0.4, -0.2) is 23.0 Å². The minimum absolute atomic E-state index is 0.0556. The average molecular weight is 303 g/mol. The molecule has 1 amide bonds. The molecule has 0 radical (unpaired) electrons. The molecular weight excluding hydrogens is 278 g/mol. The maximum atomic E-state index is 12.1. The largest absolute Gasteiger partial charge is 0.480 e. The molecule has 1 aromatic rings. The maximum absolute atomic E-state index is 12.1. The first-order valence-corrected chi connectivity index (χ1v) is 8.08. The van der Waals surface area contributed by atoms with Crippen molar-refractivity contribution < 1.29 is 14.7 Å². The van der Waals surface area contributed by atoms with Crippen LogP contribution < -0.4 is 5.32 Å². The van der Waals surface area contributed by atoms with Crippen LogP contribution in [0.4, 0.5) is 0 Å². The number of hydrogen-bond acceptors (Lipinski definition) is 2. The molecule has 1 saturated carbocycles. The van der Waals surface area contributed by atoms with Crippen LogP contribution in [-0.2, 0) is 9.59 Å². The Kier molecular flexibility index (Phi) is 5.58. The van der Waals surface area contributed by atoms with E-state index in [9.17, 15) is 14.7 Å². The quantitative estimate of drug-likeness (QED) is 0.813. The number of rotatable bonds is 7. The van der Waals surface area contributed by atoms with E-state index in [0.29, 0.717) is 18.3 Å². The second-order valence-electron chi connectivity index (χ2n) is 6.42. The Balaban J connectivity index is 1.78. The summed E-state index contributed by atoms with van der Waals surface area (Å²) in [7, 11) is 0. The van der Waals surface area contributed by atoms with E-state index in [0.717, 1.165) is 19.3 Å². The highest BCUT2D eigenvalue weighted by Gasteiger charge is 2.33. The number of amides is 1. The molecule has 1 fully saturated rings. The number of aliphatic carboxylic acids is 1. The lowest BCUT2D eigenvalue weighted by atomic mass is 9.70. The van der Waals surface area contributed by atoms with Crippen molar-refractivity contribution in [2.24, 2.45) is 11.8 Å². The minimum atomic E-state index is -0.946. The monoisotopic (exact) mass is 303 g/mol. The predicted molar refractivity (Wildman–Crippen MR) is 85.5 cm³/mol. The molecule has 0 aromatic heterocycles. The molecule has 1 aromatic carbocycles. The van der Waals surface area contributed by atoms with Crippen LogP contribution in [0.5, 0.6) is 0 Å². The van der Waals surface area contributed by atoms with Crippen LogP contribution >= 0.6 is 0 Å². The van der Waals surface area contributed by atoms with Crippen molar-refractivity contribution in [3.63, 3.8) is 0 Å². The second-order valence-corrected chi connectivity index (χ2v) is 6.42. The number of benzene rings is 1. The van der Waals surface area contributed by atoms with Gasteiger partial charge in [-0.25, -0.2) is 4.79 Å². The third kappa shape index (κ3) is 4.09. The lowest BCUT2D eigenvalue weighted by Gasteiger charge is -2.35. The molecule has 22 heavy (non-hydrogen) atoms. The number of hydrogen-bond donors (Lipinski definition) is 2. The molecule has 0 spiro atoms. The Morgan fingerprint density at radius 1 is 1.27 bits per heavy atom. The molecule has 2 unspecified atom stereocenters. The van der Waals surface area contributed by atoms with Crippen LogP contribution in [0, 0.1) is 11.8 Å². The first-order valence-electron chi connectivity index (χ1n) is 8.08. The van der Waals surface area contributed by atoms with Gasteiger partial charge in [0.25, 0.3) is 0 Å².